The number of nitrogens with zero attached hydrogens (tertiary/aromatic N) is 1. The van der Waals surface area contributed by atoms with Crippen molar-refractivity contribution in [2.45, 2.75) is 25.5 Å². The lowest BCUT2D eigenvalue weighted by Crippen LogP contribution is -2.33. The van der Waals surface area contributed by atoms with Gasteiger partial charge in [-0.3, -0.25) is 14.5 Å². The predicted molar refractivity (Wildman–Crippen MR) is 121 cm³/mol. The number of thioether (sulfide) groups is 1. The zero-order valence-electron chi connectivity index (χ0n) is 17.3. The van der Waals surface area contributed by atoms with Crippen molar-refractivity contribution < 1.29 is 14.3 Å². The zero-order chi connectivity index (χ0) is 21.3. The molecular weight excluding hydrogens is 396 g/mol. The number of carbonyl (C=O) groups excluding carboxylic acids is 2. The molecule has 0 aliphatic carbocycles. The van der Waals surface area contributed by atoms with Crippen LogP contribution in [0.3, 0.4) is 0 Å². The molecule has 0 radical (unpaired) electrons. The number of hydrogen-bond donors (Lipinski definition) is 1. The number of nitrogens with one attached hydrogen (secondary N) is 1. The fourth-order valence-corrected chi connectivity index (χ4v) is 4.69. The molecule has 154 valence electrons. The van der Waals surface area contributed by atoms with Gasteiger partial charge in [-0.1, -0.05) is 44.2 Å². The highest BCUT2D eigenvalue weighted by molar-refractivity contribution is 8.04. The lowest BCUT2D eigenvalue weighted by Gasteiger charge is -2.15. The number of imide groups is 1. The van der Waals surface area contributed by atoms with E-state index in [1.165, 1.54) is 16.7 Å². The molecule has 2 heterocycles. The Labute approximate surface area is 180 Å². The molecule has 0 spiro atoms. The van der Waals surface area contributed by atoms with Gasteiger partial charge in [0.05, 0.1) is 17.6 Å². The third-order valence-corrected chi connectivity index (χ3v) is 6.22. The second-order valence-electron chi connectivity index (χ2n) is 7.47. The van der Waals surface area contributed by atoms with E-state index in [4.69, 9.17) is 4.74 Å². The van der Waals surface area contributed by atoms with Gasteiger partial charge in [0.1, 0.15) is 5.75 Å². The number of ether oxygens (including phenoxy) is 1. The summed E-state index contributed by atoms with van der Waals surface area (Å²) < 4.78 is 5.22. The number of aromatic nitrogens is 1. The van der Waals surface area contributed by atoms with Gasteiger partial charge in [-0.15, -0.1) is 11.8 Å². The first-order valence-corrected chi connectivity index (χ1v) is 10.8. The summed E-state index contributed by atoms with van der Waals surface area (Å²) in [6.45, 7) is 4.40. The van der Waals surface area contributed by atoms with Crippen molar-refractivity contribution in [1.82, 2.24) is 9.88 Å². The van der Waals surface area contributed by atoms with Crippen LogP contribution in [-0.2, 0) is 16.0 Å². The van der Waals surface area contributed by atoms with E-state index >= 15 is 0 Å². The van der Waals surface area contributed by atoms with Gasteiger partial charge in [-0.05, 0) is 35.7 Å². The van der Waals surface area contributed by atoms with Gasteiger partial charge < -0.3 is 9.72 Å². The number of fused-ring (bicyclic) bond motifs is 1. The normalized spacial score (nSPS) is 14.5. The van der Waals surface area contributed by atoms with Crippen LogP contribution >= 0.6 is 11.8 Å². The first-order valence-electron chi connectivity index (χ1n) is 9.96. The average Bonchev–Trinajstić information content (AvgIpc) is 3.25. The van der Waals surface area contributed by atoms with Crippen LogP contribution in [0.25, 0.3) is 16.5 Å². The number of rotatable bonds is 7. The minimum atomic E-state index is -0.229. The summed E-state index contributed by atoms with van der Waals surface area (Å²) in [4.78, 5) is 31.6. The Hall–Kier alpha value is -2.99. The minimum absolute atomic E-state index is 0.193. The van der Waals surface area contributed by atoms with Gasteiger partial charge in [0.15, 0.2) is 0 Å². The van der Waals surface area contributed by atoms with Gasteiger partial charge in [-0.25, -0.2) is 0 Å². The van der Waals surface area contributed by atoms with Crippen molar-refractivity contribution in [2.75, 3.05) is 13.7 Å². The number of methoxy groups -OCH3 is 1. The van der Waals surface area contributed by atoms with Crippen molar-refractivity contribution >= 4 is 40.1 Å². The van der Waals surface area contributed by atoms with Gasteiger partial charge >= 0.3 is 0 Å². The van der Waals surface area contributed by atoms with Crippen LogP contribution in [0.15, 0.2) is 59.6 Å². The largest absolute Gasteiger partial charge is 0.497 e. The summed E-state index contributed by atoms with van der Waals surface area (Å²) in [5.74, 6) is 0.280. The minimum Gasteiger partial charge on any atom is -0.497 e. The second kappa shape index (κ2) is 8.40. The highest BCUT2D eigenvalue weighted by Gasteiger charge is 2.39. The lowest BCUT2D eigenvalue weighted by molar-refractivity contribution is -0.136. The molecule has 5 nitrogen and oxygen atoms in total. The Kier molecular flexibility index (Phi) is 5.68. The van der Waals surface area contributed by atoms with Crippen LogP contribution < -0.4 is 4.74 Å². The Bertz CT molecular complexity index is 1130. The first-order chi connectivity index (χ1) is 14.5. The van der Waals surface area contributed by atoms with E-state index in [9.17, 15) is 9.59 Å². The van der Waals surface area contributed by atoms with E-state index in [0.29, 0.717) is 29.2 Å². The zero-order valence-corrected chi connectivity index (χ0v) is 18.1. The van der Waals surface area contributed by atoms with Gasteiger partial charge in [0.25, 0.3) is 11.8 Å². The van der Waals surface area contributed by atoms with Gasteiger partial charge in [-0.2, -0.15) is 0 Å². The number of amides is 2. The fourth-order valence-electron chi connectivity index (χ4n) is 3.68. The summed E-state index contributed by atoms with van der Waals surface area (Å²) in [6.07, 6.45) is 2.56. The molecule has 4 rings (SSSR count). The van der Waals surface area contributed by atoms with Crippen LogP contribution in [0.5, 0.6) is 5.75 Å². The van der Waals surface area contributed by atoms with Crippen LogP contribution in [0, 0.1) is 0 Å². The van der Waals surface area contributed by atoms with Crippen LogP contribution in [0.2, 0.25) is 0 Å². The predicted octanol–water partition coefficient (Wildman–Crippen LogP) is 4.64. The maximum atomic E-state index is 13.3. The van der Waals surface area contributed by atoms with E-state index in [0.717, 1.165) is 22.0 Å². The molecule has 2 aromatic carbocycles. The summed E-state index contributed by atoms with van der Waals surface area (Å²) in [7, 11) is 1.60. The molecule has 0 unspecified atom stereocenters. The molecule has 0 saturated carbocycles. The molecule has 30 heavy (non-hydrogen) atoms. The Morgan fingerprint density at radius 1 is 1.03 bits per heavy atom. The Balaban J connectivity index is 1.61. The second-order valence-corrected chi connectivity index (χ2v) is 9.06. The molecule has 0 fully saturated rings. The molecule has 0 atom stereocenters. The maximum Gasteiger partial charge on any atom is 0.268 e. The first kappa shape index (κ1) is 20.3. The topological polar surface area (TPSA) is 62.4 Å². The molecule has 1 aliphatic rings. The van der Waals surface area contributed by atoms with Crippen molar-refractivity contribution in [3.8, 4) is 5.75 Å². The molecule has 3 aromatic rings. The van der Waals surface area contributed by atoms with Gasteiger partial charge in [0.2, 0.25) is 0 Å². The molecule has 6 heteroatoms. The molecule has 1 aliphatic heterocycles. The Morgan fingerprint density at radius 2 is 1.77 bits per heavy atom. The number of carbonyl (C=O) groups is 2. The monoisotopic (exact) mass is 420 g/mol. The molecule has 1 N–H and O–H groups in total. The lowest BCUT2D eigenvalue weighted by atomic mass is 10.1. The molecule has 2 amide bonds. The van der Waals surface area contributed by atoms with E-state index in [-0.39, 0.29) is 17.1 Å². The molecule has 0 bridgehead atoms. The van der Waals surface area contributed by atoms with Crippen molar-refractivity contribution in [2.24, 2.45) is 0 Å². The van der Waals surface area contributed by atoms with Crippen molar-refractivity contribution in [3.05, 3.63) is 70.8 Å². The number of hydrogen-bond acceptors (Lipinski definition) is 4. The van der Waals surface area contributed by atoms with Gasteiger partial charge in [0, 0.05) is 28.9 Å². The third-order valence-electron chi connectivity index (χ3n) is 5.14. The van der Waals surface area contributed by atoms with Crippen LogP contribution in [0.1, 0.15) is 25.0 Å². The van der Waals surface area contributed by atoms with Crippen LogP contribution in [0.4, 0.5) is 0 Å². The van der Waals surface area contributed by atoms with Crippen molar-refractivity contribution in [1.29, 1.82) is 0 Å². The SMILES string of the molecule is COc1ccc(C2=C(SC(C)C)C(=O)N(CCc3c[nH]c4ccccc34)C2=O)cc1. The van der Waals surface area contributed by atoms with E-state index in [1.807, 2.05) is 62.5 Å². The van der Waals surface area contributed by atoms with E-state index in [2.05, 4.69) is 11.1 Å². The summed E-state index contributed by atoms with van der Waals surface area (Å²) in [6, 6.07) is 15.3. The number of benzene rings is 2. The third kappa shape index (κ3) is 3.75. The maximum absolute atomic E-state index is 13.3. The number of aromatic amines is 1. The molecular formula is C24H24N2O3S. The highest BCUT2D eigenvalue weighted by atomic mass is 32.2. The van der Waals surface area contributed by atoms with Crippen molar-refractivity contribution in [3.63, 3.8) is 0 Å². The summed E-state index contributed by atoms with van der Waals surface area (Å²) in [5, 5.41) is 1.32. The quantitative estimate of drug-likeness (QED) is 0.566. The summed E-state index contributed by atoms with van der Waals surface area (Å²) >= 11 is 1.45. The number of H-pyrrole nitrogens is 1. The van der Waals surface area contributed by atoms with E-state index in [1.54, 1.807) is 7.11 Å². The van der Waals surface area contributed by atoms with E-state index < -0.39 is 0 Å². The number of para-hydroxylation sites is 1. The summed E-state index contributed by atoms with van der Waals surface area (Å²) in [5.41, 5.74) is 3.38. The van der Waals surface area contributed by atoms with Crippen LogP contribution in [-0.4, -0.2) is 40.6 Å². The smallest absolute Gasteiger partial charge is 0.268 e. The molecule has 0 saturated heterocycles. The highest BCUT2D eigenvalue weighted by Crippen LogP contribution is 2.38. The standard InChI is InChI=1S/C24H24N2O3S/c1-15(2)30-22-21(16-8-10-18(29-3)11-9-16)23(27)26(24(22)28)13-12-17-14-25-20-7-5-4-6-19(17)20/h4-11,14-15,25H,12-13H2,1-3H3. The Morgan fingerprint density at radius 3 is 2.47 bits per heavy atom. The fraction of sp³-hybridized carbons (Fsp3) is 0.250. The average molecular weight is 421 g/mol. The molecule has 1 aromatic heterocycles.